The molecule has 1 heterocycles. The first-order chi connectivity index (χ1) is 6.74. The molecule has 1 aliphatic rings. The molecular weight excluding hydrogens is 261 g/mol. The van der Waals surface area contributed by atoms with E-state index in [4.69, 9.17) is 0 Å². The van der Waals surface area contributed by atoms with Gasteiger partial charge in [0.2, 0.25) is 0 Å². The minimum atomic E-state index is 0. The molecule has 0 atom stereocenters. The molecule has 1 saturated heterocycles. The Balaban J connectivity index is 0. The predicted octanol–water partition coefficient (Wildman–Crippen LogP) is 3.22. The fourth-order valence-corrected chi connectivity index (χ4v) is 1.26. The number of likely N-dealkylation sites (N-methyl/N-ethyl adjacent to an activating group) is 1. The van der Waals surface area contributed by atoms with Gasteiger partial charge < -0.3 is 17.1 Å². The average Bonchev–Trinajstić information content (AvgIpc) is 2.20. The van der Waals surface area contributed by atoms with Gasteiger partial charge in [-0.15, -0.1) is 13.1 Å². The summed E-state index contributed by atoms with van der Waals surface area (Å²) >= 11 is 0. The van der Waals surface area contributed by atoms with Crippen LogP contribution in [-0.2, 0) is 32.7 Å². The molecule has 0 N–H and O–H groups in total. The Hall–Kier alpha value is 0.604. The van der Waals surface area contributed by atoms with E-state index in [-0.39, 0.29) is 32.7 Å². The average molecular weight is 285 g/mol. The summed E-state index contributed by atoms with van der Waals surface area (Å²) < 4.78 is 0. The largest absolute Gasteiger partial charge is 0.686 e. The van der Waals surface area contributed by atoms with E-state index in [0.717, 1.165) is 38.3 Å². The zero-order valence-corrected chi connectivity index (χ0v) is 13.2. The molecular formula is C12H24N2Y-2. The van der Waals surface area contributed by atoms with Gasteiger partial charge in [0.1, 0.15) is 0 Å². The van der Waals surface area contributed by atoms with Crippen LogP contribution < -0.4 is 0 Å². The molecule has 0 saturated carbocycles. The molecule has 2 nitrogen and oxygen atoms in total. The molecule has 1 aliphatic heterocycles. The van der Waals surface area contributed by atoms with E-state index < -0.39 is 0 Å². The van der Waals surface area contributed by atoms with Gasteiger partial charge in [0.05, 0.1) is 0 Å². The second-order valence-corrected chi connectivity index (χ2v) is 3.52. The topological polar surface area (TPSA) is 17.3 Å². The molecule has 0 spiro atoms. The molecule has 0 aromatic heterocycles. The Bertz CT molecular complexity index is 147. The van der Waals surface area contributed by atoms with Crippen LogP contribution in [0.4, 0.5) is 0 Å². The first-order valence-corrected chi connectivity index (χ1v) is 5.61. The van der Waals surface area contributed by atoms with Gasteiger partial charge in [0.25, 0.3) is 0 Å². The van der Waals surface area contributed by atoms with Crippen LogP contribution in [0.25, 0.3) is 5.32 Å². The molecule has 1 fully saturated rings. The van der Waals surface area contributed by atoms with Crippen LogP contribution in [0.5, 0.6) is 0 Å². The monoisotopic (exact) mass is 285 g/mol. The third-order valence-electron chi connectivity index (χ3n) is 2.21. The third-order valence-corrected chi connectivity index (χ3v) is 2.21. The quantitative estimate of drug-likeness (QED) is 0.728. The molecule has 0 unspecified atom stereocenters. The fourth-order valence-electron chi connectivity index (χ4n) is 1.26. The molecule has 0 amide bonds. The second-order valence-electron chi connectivity index (χ2n) is 3.52. The first kappa shape index (κ1) is 18.0. The molecule has 15 heavy (non-hydrogen) atoms. The molecule has 0 aliphatic carbocycles. The Morgan fingerprint density at radius 3 is 2.40 bits per heavy atom. The van der Waals surface area contributed by atoms with Gasteiger partial charge in [-0.25, -0.2) is 0 Å². The Labute approximate surface area is 121 Å². The van der Waals surface area contributed by atoms with Crippen LogP contribution in [0.15, 0.2) is 12.3 Å². The Morgan fingerprint density at radius 2 is 2.13 bits per heavy atom. The maximum Gasteiger partial charge on any atom is 0.00217 e. The minimum Gasteiger partial charge on any atom is -0.686 e. The molecule has 87 valence electrons. The van der Waals surface area contributed by atoms with Crippen molar-refractivity contribution < 1.29 is 32.7 Å². The van der Waals surface area contributed by atoms with Crippen molar-refractivity contribution in [1.82, 2.24) is 4.90 Å². The molecule has 1 rings (SSSR count). The standard InChI is InChI=1S/C7H13N2.C5H11.Y/c1-3-9-5-4-8-7(2)6-9;1-3-5-4-2;/h2-6H2,1H3;1,3-5H2,2H3;/q2*-1;. The summed E-state index contributed by atoms with van der Waals surface area (Å²) in [5, 5.41) is 4.19. The van der Waals surface area contributed by atoms with Crippen molar-refractivity contribution in [1.29, 1.82) is 0 Å². The van der Waals surface area contributed by atoms with E-state index in [9.17, 15) is 0 Å². The van der Waals surface area contributed by atoms with Crippen molar-refractivity contribution in [3.8, 4) is 0 Å². The van der Waals surface area contributed by atoms with Crippen LogP contribution >= 0.6 is 0 Å². The predicted molar refractivity (Wildman–Crippen MR) is 64.4 cm³/mol. The van der Waals surface area contributed by atoms with Crippen molar-refractivity contribution in [3.05, 3.63) is 24.5 Å². The van der Waals surface area contributed by atoms with Gasteiger partial charge in [0, 0.05) is 39.3 Å². The van der Waals surface area contributed by atoms with Crippen molar-refractivity contribution in [3.63, 3.8) is 0 Å². The smallest absolute Gasteiger partial charge is 0.00217 e. The maximum atomic E-state index is 4.19. The number of piperazine rings is 1. The number of hydrogen-bond donors (Lipinski definition) is 0. The molecule has 0 bridgehead atoms. The van der Waals surface area contributed by atoms with Crippen molar-refractivity contribution in [2.45, 2.75) is 33.1 Å². The second kappa shape index (κ2) is 12.7. The third kappa shape index (κ3) is 10.9. The van der Waals surface area contributed by atoms with Gasteiger partial charge in [-0.05, 0) is 13.1 Å². The van der Waals surface area contributed by atoms with Gasteiger partial charge in [-0.2, -0.15) is 12.1 Å². The van der Waals surface area contributed by atoms with E-state index in [2.05, 4.69) is 37.6 Å². The zero-order chi connectivity index (χ0) is 10.8. The van der Waals surface area contributed by atoms with Gasteiger partial charge in [0.15, 0.2) is 0 Å². The fraction of sp³-hybridized carbons (Fsp3) is 0.750. The van der Waals surface area contributed by atoms with Crippen LogP contribution in [0.1, 0.15) is 33.1 Å². The molecule has 1 radical (unpaired) electrons. The summed E-state index contributed by atoms with van der Waals surface area (Å²) in [6.45, 7) is 15.9. The van der Waals surface area contributed by atoms with Crippen molar-refractivity contribution >= 4 is 0 Å². The zero-order valence-electron chi connectivity index (χ0n) is 10.3. The van der Waals surface area contributed by atoms with Crippen molar-refractivity contribution in [2.75, 3.05) is 26.2 Å². The molecule has 0 aromatic carbocycles. The normalized spacial score (nSPS) is 15.8. The Morgan fingerprint density at radius 1 is 1.47 bits per heavy atom. The molecule has 3 heteroatoms. The number of hydrogen-bond acceptors (Lipinski definition) is 1. The summed E-state index contributed by atoms with van der Waals surface area (Å²) in [5.74, 6) is 0. The first-order valence-electron chi connectivity index (χ1n) is 5.61. The van der Waals surface area contributed by atoms with E-state index >= 15 is 0 Å². The number of unbranched alkanes of at least 4 members (excludes halogenated alkanes) is 2. The van der Waals surface area contributed by atoms with Crippen molar-refractivity contribution in [2.24, 2.45) is 0 Å². The Kier molecular flexibility index (Phi) is 15.2. The van der Waals surface area contributed by atoms with Crippen LogP contribution in [0.3, 0.4) is 0 Å². The van der Waals surface area contributed by atoms with Crippen LogP contribution in [0.2, 0.25) is 0 Å². The summed E-state index contributed by atoms with van der Waals surface area (Å²) in [5.41, 5.74) is 1.03. The van der Waals surface area contributed by atoms with Crippen LogP contribution in [-0.4, -0.2) is 31.1 Å². The summed E-state index contributed by atoms with van der Waals surface area (Å²) in [7, 11) is 0. The number of rotatable bonds is 3. The van der Waals surface area contributed by atoms with Gasteiger partial charge in [-0.1, -0.05) is 26.7 Å². The van der Waals surface area contributed by atoms with E-state index in [0.29, 0.717) is 0 Å². The van der Waals surface area contributed by atoms with E-state index in [1.54, 1.807) is 0 Å². The van der Waals surface area contributed by atoms with E-state index in [1.165, 1.54) is 12.8 Å². The van der Waals surface area contributed by atoms with Gasteiger partial charge >= 0.3 is 0 Å². The summed E-state index contributed by atoms with van der Waals surface area (Å²) in [4.78, 5) is 2.34. The maximum absolute atomic E-state index is 4.19. The molecule has 0 aromatic rings. The minimum absolute atomic E-state index is 0. The van der Waals surface area contributed by atoms with Crippen LogP contribution in [0, 0.1) is 6.92 Å². The summed E-state index contributed by atoms with van der Waals surface area (Å²) in [6.07, 6.45) is 3.65. The van der Waals surface area contributed by atoms with Gasteiger partial charge in [-0.3, -0.25) is 0 Å². The number of nitrogens with zero attached hydrogens (tertiary/aromatic N) is 2. The summed E-state index contributed by atoms with van der Waals surface area (Å²) in [6, 6.07) is 0. The SMILES string of the molecule is C=C1CN(CC)CC[N-]1.[CH2-]CCCC.[Y]. The van der Waals surface area contributed by atoms with E-state index in [1.807, 2.05) is 0 Å².